The van der Waals surface area contributed by atoms with E-state index in [0.29, 0.717) is 0 Å². The van der Waals surface area contributed by atoms with Crippen LogP contribution in [0.5, 0.6) is 0 Å². The van der Waals surface area contributed by atoms with Crippen molar-refractivity contribution in [1.29, 1.82) is 0 Å². The van der Waals surface area contributed by atoms with Crippen LogP contribution in [0.1, 0.15) is 12.7 Å². The first-order chi connectivity index (χ1) is 11.2. The van der Waals surface area contributed by atoms with E-state index in [0.717, 1.165) is 37.8 Å². The molecule has 23 heavy (non-hydrogen) atoms. The summed E-state index contributed by atoms with van der Waals surface area (Å²) in [5.41, 5.74) is 2.23. The Morgan fingerprint density at radius 1 is 1.17 bits per heavy atom. The van der Waals surface area contributed by atoms with Crippen molar-refractivity contribution in [2.24, 2.45) is 0 Å². The molecule has 0 unspecified atom stereocenters. The van der Waals surface area contributed by atoms with Crippen LogP contribution in [0.4, 0.5) is 0 Å². The van der Waals surface area contributed by atoms with Crippen molar-refractivity contribution < 1.29 is 0 Å². The van der Waals surface area contributed by atoms with Crippen molar-refractivity contribution in [3.63, 3.8) is 0 Å². The van der Waals surface area contributed by atoms with Gasteiger partial charge in [0.2, 0.25) is 0 Å². The minimum absolute atomic E-state index is 0.796. The maximum Gasteiger partial charge on any atom is 0.196 e. The summed E-state index contributed by atoms with van der Waals surface area (Å²) in [6.07, 6.45) is 8.08. The van der Waals surface area contributed by atoms with Gasteiger partial charge in [-0.25, -0.2) is 0 Å². The zero-order valence-corrected chi connectivity index (χ0v) is 14.8. The monoisotopic (exact) mass is 384 g/mol. The minimum Gasteiger partial charge on any atom is -0.298 e. The van der Waals surface area contributed by atoms with Gasteiger partial charge in [-0.3, -0.25) is 9.55 Å². The molecule has 3 aromatic rings. The summed E-state index contributed by atoms with van der Waals surface area (Å²) in [4.78, 5) is 5.53. The topological polar surface area (TPSA) is 43.6 Å². The maximum absolute atomic E-state index is 4.40. The molecular formula is C17H13BrN4S. The number of benzene rings is 1. The molecule has 1 aromatic carbocycles. The molecule has 1 aliphatic rings. The molecule has 0 N–H and O–H groups in total. The van der Waals surface area contributed by atoms with Crippen LogP contribution in [-0.4, -0.2) is 19.7 Å². The number of hydrogen-bond donors (Lipinski definition) is 0. The molecule has 3 heterocycles. The number of rotatable bonds is 2. The fourth-order valence-electron chi connectivity index (χ4n) is 2.43. The van der Waals surface area contributed by atoms with Gasteiger partial charge in [-0.05, 0) is 65.0 Å². The van der Waals surface area contributed by atoms with E-state index in [1.165, 1.54) is 5.57 Å². The second-order valence-corrected chi connectivity index (χ2v) is 7.30. The van der Waals surface area contributed by atoms with Crippen LogP contribution in [0.3, 0.4) is 0 Å². The molecule has 0 saturated heterocycles. The largest absolute Gasteiger partial charge is 0.298 e. The number of pyridine rings is 1. The van der Waals surface area contributed by atoms with Gasteiger partial charge in [0.25, 0.3) is 0 Å². The lowest BCUT2D eigenvalue weighted by Crippen LogP contribution is -1.99. The highest BCUT2D eigenvalue weighted by Crippen LogP contribution is 2.30. The van der Waals surface area contributed by atoms with E-state index < -0.39 is 0 Å². The van der Waals surface area contributed by atoms with Gasteiger partial charge in [-0.2, -0.15) is 0 Å². The van der Waals surface area contributed by atoms with Crippen LogP contribution >= 0.6 is 27.7 Å². The van der Waals surface area contributed by atoms with Gasteiger partial charge < -0.3 is 0 Å². The first-order valence-electron chi connectivity index (χ1n) is 7.20. The van der Waals surface area contributed by atoms with Gasteiger partial charge in [0.15, 0.2) is 11.0 Å². The lowest BCUT2D eigenvalue weighted by molar-refractivity contribution is 0.718. The smallest absolute Gasteiger partial charge is 0.196 e. The lowest BCUT2D eigenvalue weighted by atomic mass is 10.2. The average Bonchev–Trinajstić information content (AvgIpc) is 2.82. The van der Waals surface area contributed by atoms with E-state index in [4.69, 9.17) is 0 Å². The Kier molecular flexibility index (Phi) is 3.79. The van der Waals surface area contributed by atoms with Gasteiger partial charge >= 0.3 is 0 Å². The molecule has 0 saturated carbocycles. The fraction of sp³-hybridized carbons (Fsp3) is 0.118. The molecular weight excluding hydrogens is 372 g/mol. The summed E-state index contributed by atoms with van der Waals surface area (Å²) in [5, 5.41) is 10.6. The van der Waals surface area contributed by atoms with Crippen molar-refractivity contribution in [3.8, 4) is 0 Å². The number of halogens is 1. The number of allylic oxidation sites excluding steroid dienone is 3. The number of fused-ring (bicyclic) bond motifs is 2. The van der Waals surface area contributed by atoms with Gasteiger partial charge in [-0.1, -0.05) is 17.7 Å². The molecule has 4 nitrogen and oxygen atoms in total. The third kappa shape index (κ3) is 2.96. The molecule has 0 spiro atoms. The van der Waals surface area contributed by atoms with Crippen molar-refractivity contribution in [3.05, 3.63) is 58.5 Å². The second kappa shape index (κ2) is 5.94. The summed E-state index contributed by atoms with van der Waals surface area (Å²) in [6, 6.07) is 8.31. The zero-order chi connectivity index (χ0) is 15.8. The Balaban J connectivity index is 1.69. The molecule has 1 aliphatic heterocycles. The predicted molar refractivity (Wildman–Crippen MR) is 96.4 cm³/mol. The molecule has 0 radical (unpaired) electrons. The quantitative estimate of drug-likeness (QED) is 0.641. The third-order valence-corrected chi connectivity index (χ3v) is 5.07. The molecule has 0 amide bonds. The first-order valence-corrected chi connectivity index (χ1v) is 8.81. The summed E-state index contributed by atoms with van der Waals surface area (Å²) in [6.45, 7) is 2.89. The molecule has 4 rings (SSSR count). The van der Waals surface area contributed by atoms with Gasteiger partial charge in [-0.15, -0.1) is 10.2 Å². The Morgan fingerprint density at radius 2 is 2.09 bits per heavy atom. The van der Waals surface area contributed by atoms with E-state index in [9.17, 15) is 0 Å². The van der Waals surface area contributed by atoms with E-state index in [-0.39, 0.29) is 0 Å². The third-order valence-electron chi connectivity index (χ3n) is 3.67. The maximum atomic E-state index is 4.40. The van der Waals surface area contributed by atoms with E-state index in [1.807, 2.05) is 18.3 Å². The Labute approximate surface area is 146 Å². The molecule has 2 aromatic heterocycles. The highest BCUT2D eigenvalue weighted by atomic mass is 79.9. The second-order valence-electron chi connectivity index (χ2n) is 5.34. The molecule has 0 atom stereocenters. The first kappa shape index (κ1) is 14.7. The Morgan fingerprint density at radius 3 is 3.00 bits per heavy atom. The molecule has 0 fully saturated rings. The molecule has 114 valence electrons. The van der Waals surface area contributed by atoms with E-state index in [2.05, 4.69) is 73.0 Å². The van der Waals surface area contributed by atoms with Gasteiger partial charge in [0.1, 0.15) is 0 Å². The zero-order valence-electron chi connectivity index (χ0n) is 12.4. The van der Waals surface area contributed by atoms with Crippen LogP contribution in [0.2, 0.25) is 0 Å². The van der Waals surface area contributed by atoms with Crippen LogP contribution in [0.25, 0.3) is 17.0 Å². The average molecular weight is 385 g/mol. The van der Waals surface area contributed by atoms with Gasteiger partial charge in [0.05, 0.1) is 5.52 Å². The van der Waals surface area contributed by atoms with Crippen LogP contribution in [0.15, 0.2) is 62.7 Å². The normalized spacial score (nSPS) is 13.7. The van der Waals surface area contributed by atoms with Crippen LogP contribution in [-0.2, 0) is 6.54 Å². The number of nitrogens with zero attached hydrogens (tertiary/aromatic N) is 4. The molecule has 6 heteroatoms. The van der Waals surface area contributed by atoms with Crippen molar-refractivity contribution in [2.45, 2.75) is 23.5 Å². The number of hydrogen-bond acceptors (Lipinski definition) is 4. The van der Waals surface area contributed by atoms with Crippen molar-refractivity contribution in [2.75, 3.05) is 0 Å². The minimum atomic E-state index is 0.796. The van der Waals surface area contributed by atoms with Crippen molar-refractivity contribution >= 4 is 44.7 Å². The van der Waals surface area contributed by atoms with E-state index in [1.54, 1.807) is 11.8 Å². The highest BCUT2D eigenvalue weighted by molar-refractivity contribution is 9.10. The SMILES string of the molecule is CC1=CCn2c(nnc2Sc2ccc3ncc(Br)cc3c2)C=C1. The van der Waals surface area contributed by atoms with E-state index >= 15 is 0 Å². The molecule has 0 aliphatic carbocycles. The van der Waals surface area contributed by atoms with Crippen LogP contribution in [0, 0.1) is 0 Å². The summed E-state index contributed by atoms with van der Waals surface area (Å²) < 4.78 is 3.11. The predicted octanol–water partition coefficient (Wildman–Crippen LogP) is 4.71. The summed E-state index contributed by atoms with van der Waals surface area (Å²) in [7, 11) is 0. The standard InChI is InChI=1S/C17H13BrN4S/c1-11-2-5-16-20-21-17(22(16)7-6-11)23-14-3-4-15-12(9-14)8-13(18)10-19-15/h2-6,8-10H,7H2,1H3. The Hall–Kier alpha value is -1.92. The number of aromatic nitrogens is 4. The molecule has 0 bridgehead atoms. The Bertz CT molecular complexity index is 958. The highest BCUT2D eigenvalue weighted by Gasteiger charge is 2.12. The fourth-order valence-corrected chi connectivity index (χ4v) is 3.67. The lowest BCUT2D eigenvalue weighted by Gasteiger charge is -2.06. The van der Waals surface area contributed by atoms with Crippen LogP contribution < -0.4 is 0 Å². The summed E-state index contributed by atoms with van der Waals surface area (Å²) >= 11 is 5.09. The summed E-state index contributed by atoms with van der Waals surface area (Å²) in [5.74, 6) is 0.894. The van der Waals surface area contributed by atoms with Crippen molar-refractivity contribution in [1.82, 2.24) is 19.7 Å². The van der Waals surface area contributed by atoms with Gasteiger partial charge in [0, 0.05) is 27.5 Å².